The van der Waals surface area contributed by atoms with Crippen LogP contribution in [0.25, 0.3) is 0 Å². The third kappa shape index (κ3) is 4.12. The molecule has 0 saturated heterocycles. The third-order valence-electron chi connectivity index (χ3n) is 3.57. The van der Waals surface area contributed by atoms with E-state index in [0.29, 0.717) is 11.8 Å². The Morgan fingerprint density at radius 1 is 1.25 bits per heavy atom. The van der Waals surface area contributed by atoms with Crippen molar-refractivity contribution in [2.24, 2.45) is 11.3 Å². The van der Waals surface area contributed by atoms with Crippen LogP contribution in [-0.2, 0) is 4.79 Å². The van der Waals surface area contributed by atoms with Crippen LogP contribution in [0.4, 0.5) is 0 Å². The summed E-state index contributed by atoms with van der Waals surface area (Å²) in [5.41, 5.74) is 0.536. The van der Waals surface area contributed by atoms with Gasteiger partial charge in [-0.05, 0) is 38.0 Å². The van der Waals surface area contributed by atoms with Crippen molar-refractivity contribution in [3.8, 4) is 0 Å². The number of nitrogens with one attached hydrogen (secondary N) is 2. The van der Waals surface area contributed by atoms with Crippen LogP contribution in [-0.4, -0.2) is 25.0 Å². The van der Waals surface area contributed by atoms with Gasteiger partial charge in [0.15, 0.2) is 0 Å². The van der Waals surface area contributed by atoms with Crippen molar-refractivity contribution in [1.29, 1.82) is 0 Å². The third-order valence-corrected chi connectivity index (χ3v) is 3.57. The topological polar surface area (TPSA) is 41.1 Å². The summed E-state index contributed by atoms with van der Waals surface area (Å²) in [7, 11) is 0. The first kappa shape index (κ1) is 13.5. The Morgan fingerprint density at radius 3 is 2.31 bits per heavy atom. The molecule has 0 atom stereocenters. The van der Waals surface area contributed by atoms with Crippen LogP contribution in [0.15, 0.2) is 0 Å². The highest BCUT2D eigenvalue weighted by atomic mass is 16.1. The van der Waals surface area contributed by atoms with Crippen molar-refractivity contribution in [3.05, 3.63) is 0 Å². The van der Waals surface area contributed by atoms with Gasteiger partial charge in [-0.3, -0.25) is 4.79 Å². The first-order valence-electron chi connectivity index (χ1n) is 6.46. The molecule has 2 N–H and O–H groups in total. The average Bonchev–Trinajstić information content (AvgIpc) is 2.92. The Balaban J connectivity index is 2.06. The van der Waals surface area contributed by atoms with E-state index in [9.17, 15) is 4.79 Å². The van der Waals surface area contributed by atoms with E-state index >= 15 is 0 Å². The number of carbonyl (C=O) groups is 1. The predicted octanol–water partition coefficient (Wildman–Crippen LogP) is 1.93. The lowest BCUT2D eigenvalue weighted by Gasteiger charge is -2.20. The van der Waals surface area contributed by atoms with Gasteiger partial charge in [0, 0.05) is 25.6 Å². The number of amides is 1. The van der Waals surface area contributed by atoms with Crippen LogP contribution in [0.2, 0.25) is 0 Å². The molecule has 1 rings (SSSR count). The summed E-state index contributed by atoms with van der Waals surface area (Å²) >= 11 is 0. The molecule has 3 heteroatoms. The SMILES string of the molecule is CC(C)NC(=O)CCNCC1(C(C)C)CC1. The average molecular weight is 226 g/mol. The molecule has 3 nitrogen and oxygen atoms in total. The van der Waals surface area contributed by atoms with Gasteiger partial charge in [-0.2, -0.15) is 0 Å². The van der Waals surface area contributed by atoms with E-state index in [1.807, 2.05) is 13.8 Å². The fourth-order valence-corrected chi connectivity index (χ4v) is 2.05. The van der Waals surface area contributed by atoms with Gasteiger partial charge < -0.3 is 10.6 Å². The van der Waals surface area contributed by atoms with E-state index in [1.54, 1.807) is 0 Å². The highest BCUT2D eigenvalue weighted by Gasteiger charge is 2.44. The fraction of sp³-hybridized carbons (Fsp3) is 0.923. The zero-order valence-corrected chi connectivity index (χ0v) is 11.1. The molecule has 1 aliphatic rings. The van der Waals surface area contributed by atoms with E-state index in [4.69, 9.17) is 0 Å². The zero-order chi connectivity index (χ0) is 12.2. The van der Waals surface area contributed by atoms with Crippen molar-refractivity contribution in [3.63, 3.8) is 0 Å². The quantitative estimate of drug-likeness (QED) is 0.651. The molecule has 0 bridgehead atoms. The van der Waals surface area contributed by atoms with Crippen LogP contribution in [0.5, 0.6) is 0 Å². The summed E-state index contributed by atoms with van der Waals surface area (Å²) in [6.45, 7) is 10.4. The molecule has 0 aromatic heterocycles. The Bertz CT molecular complexity index is 232. The Morgan fingerprint density at radius 2 is 1.88 bits per heavy atom. The molecular formula is C13H26N2O. The molecule has 0 spiro atoms. The van der Waals surface area contributed by atoms with Crippen LogP contribution in [0, 0.1) is 11.3 Å². The van der Waals surface area contributed by atoms with Crippen molar-refractivity contribution < 1.29 is 4.79 Å². The van der Waals surface area contributed by atoms with Crippen molar-refractivity contribution in [2.75, 3.05) is 13.1 Å². The van der Waals surface area contributed by atoms with Crippen molar-refractivity contribution in [1.82, 2.24) is 10.6 Å². The number of hydrogen-bond acceptors (Lipinski definition) is 2. The molecule has 1 amide bonds. The molecule has 0 radical (unpaired) electrons. The Hall–Kier alpha value is -0.570. The van der Waals surface area contributed by atoms with Gasteiger partial charge in [-0.1, -0.05) is 13.8 Å². The minimum absolute atomic E-state index is 0.150. The van der Waals surface area contributed by atoms with Gasteiger partial charge in [0.1, 0.15) is 0 Å². The first-order chi connectivity index (χ1) is 7.46. The molecule has 16 heavy (non-hydrogen) atoms. The summed E-state index contributed by atoms with van der Waals surface area (Å²) in [6.07, 6.45) is 3.28. The lowest BCUT2D eigenvalue weighted by molar-refractivity contribution is -0.121. The first-order valence-corrected chi connectivity index (χ1v) is 6.46. The van der Waals surface area contributed by atoms with Gasteiger partial charge in [-0.25, -0.2) is 0 Å². The van der Waals surface area contributed by atoms with Gasteiger partial charge in [0.2, 0.25) is 5.91 Å². The molecule has 0 heterocycles. The fourth-order valence-electron chi connectivity index (χ4n) is 2.05. The Labute approximate surface area is 99.4 Å². The highest BCUT2D eigenvalue weighted by molar-refractivity contribution is 5.76. The lowest BCUT2D eigenvalue weighted by atomic mass is 9.92. The van der Waals surface area contributed by atoms with Crippen LogP contribution in [0.1, 0.15) is 47.0 Å². The molecule has 0 aromatic rings. The van der Waals surface area contributed by atoms with Crippen LogP contribution in [0.3, 0.4) is 0 Å². The molecule has 1 aliphatic carbocycles. The van der Waals surface area contributed by atoms with Gasteiger partial charge in [0.05, 0.1) is 0 Å². The van der Waals surface area contributed by atoms with E-state index in [0.717, 1.165) is 19.0 Å². The second kappa shape index (κ2) is 5.67. The van der Waals surface area contributed by atoms with E-state index in [2.05, 4.69) is 24.5 Å². The van der Waals surface area contributed by atoms with E-state index < -0.39 is 0 Å². The summed E-state index contributed by atoms with van der Waals surface area (Å²) in [5, 5.41) is 6.31. The Kier molecular flexibility index (Phi) is 4.78. The lowest BCUT2D eigenvalue weighted by Crippen LogP contribution is -2.34. The van der Waals surface area contributed by atoms with E-state index in [1.165, 1.54) is 12.8 Å². The van der Waals surface area contributed by atoms with Gasteiger partial charge >= 0.3 is 0 Å². The van der Waals surface area contributed by atoms with Crippen LogP contribution < -0.4 is 10.6 Å². The normalized spacial score (nSPS) is 17.9. The molecule has 0 aromatic carbocycles. The standard InChI is InChI=1S/C13H26N2O/c1-10(2)13(6-7-13)9-14-8-5-12(16)15-11(3)4/h10-11,14H,5-9H2,1-4H3,(H,15,16). The smallest absolute Gasteiger partial charge is 0.221 e. The minimum Gasteiger partial charge on any atom is -0.354 e. The number of rotatable bonds is 7. The molecular weight excluding hydrogens is 200 g/mol. The summed E-state index contributed by atoms with van der Waals surface area (Å²) in [4.78, 5) is 11.4. The molecule has 1 fully saturated rings. The highest BCUT2D eigenvalue weighted by Crippen LogP contribution is 2.51. The van der Waals surface area contributed by atoms with Crippen LogP contribution >= 0.6 is 0 Å². The zero-order valence-electron chi connectivity index (χ0n) is 11.1. The maximum atomic E-state index is 11.4. The largest absolute Gasteiger partial charge is 0.354 e. The van der Waals surface area contributed by atoms with Crippen molar-refractivity contribution in [2.45, 2.75) is 53.0 Å². The molecule has 94 valence electrons. The molecule has 0 aliphatic heterocycles. The summed E-state index contributed by atoms with van der Waals surface area (Å²) in [6, 6.07) is 0.248. The predicted molar refractivity (Wildman–Crippen MR) is 67.3 cm³/mol. The maximum Gasteiger partial charge on any atom is 0.221 e. The minimum atomic E-state index is 0.150. The van der Waals surface area contributed by atoms with Gasteiger partial charge in [0.25, 0.3) is 0 Å². The second-order valence-corrected chi connectivity index (χ2v) is 5.67. The summed E-state index contributed by atoms with van der Waals surface area (Å²) < 4.78 is 0. The monoisotopic (exact) mass is 226 g/mol. The van der Waals surface area contributed by atoms with Crippen molar-refractivity contribution >= 4 is 5.91 Å². The maximum absolute atomic E-state index is 11.4. The van der Waals surface area contributed by atoms with E-state index in [-0.39, 0.29) is 11.9 Å². The second-order valence-electron chi connectivity index (χ2n) is 5.67. The number of hydrogen-bond donors (Lipinski definition) is 2. The number of carbonyl (C=O) groups excluding carboxylic acids is 1. The molecule has 0 unspecified atom stereocenters. The molecule has 1 saturated carbocycles. The van der Waals surface area contributed by atoms with Gasteiger partial charge in [-0.15, -0.1) is 0 Å². The summed E-state index contributed by atoms with van der Waals surface area (Å²) in [5.74, 6) is 0.904.